The molecule has 4 aromatic rings. The Morgan fingerprint density at radius 2 is 1.94 bits per heavy atom. The van der Waals surface area contributed by atoms with Crippen LogP contribution in [0.15, 0.2) is 67.0 Å². The molecule has 2 aromatic carbocycles. The summed E-state index contributed by atoms with van der Waals surface area (Å²) >= 11 is 6.16. The lowest BCUT2D eigenvalue weighted by Crippen LogP contribution is -2.24. The molecule has 1 aliphatic heterocycles. The molecule has 0 unspecified atom stereocenters. The molecular formula is C25H21ClN4O2. The number of anilines is 2. The van der Waals surface area contributed by atoms with E-state index >= 15 is 0 Å². The van der Waals surface area contributed by atoms with Gasteiger partial charge < -0.3 is 15.4 Å². The molecule has 3 heterocycles. The van der Waals surface area contributed by atoms with Crippen LogP contribution >= 0.6 is 11.6 Å². The number of amides is 1. The average molecular weight is 445 g/mol. The molecule has 2 N–H and O–H groups in total. The molecule has 0 saturated heterocycles. The van der Waals surface area contributed by atoms with Gasteiger partial charge in [0.25, 0.3) is 5.91 Å². The number of fused-ring (bicyclic) bond motifs is 2. The first kappa shape index (κ1) is 20.3. The van der Waals surface area contributed by atoms with Gasteiger partial charge in [-0.3, -0.25) is 9.78 Å². The van der Waals surface area contributed by atoms with Gasteiger partial charge in [0.15, 0.2) is 0 Å². The van der Waals surface area contributed by atoms with Crippen molar-refractivity contribution in [2.75, 3.05) is 11.9 Å². The molecule has 0 bridgehead atoms. The maximum atomic E-state index is 12.7. The van der Waals surface area contributed by atoms with Crippen molar-refractivity contribution in [1.29, 1.82) is 0 Å². The fourth-order valence-electron chi connectivity index (χ4n) is 3.81. The predicted octanol–water partition coefficient (Wildman–Crippen LogP) is 5.28. The molecule has 5 rings (SSSR count). The summed E-state index contributed by atoms with van der Waals surface area (Å²) < 4.78 is 5.65. The molecule has 0 atom stereocenters. The lowest BCUT2D eigenvalue weighted by atomic mass is 10.0. The van der Waals surface area contributed by atoms with Crippen LogP contribution in [0.4, 0.5) is 11.5 Å². The lowest BCUT2D eigenvalue weighted by Gasteiger charge is -2.18. The fraction of sp³-hybridized carbons (Fsp3) is 0.160. The minimum atomic E-state index is -0.239. The van der Waals surface area contributed by atoms with Crippen molar-refractivity contribution in [2.45, 2.75) is 19.4 Å². The highest BCUT2D eigenvalue weighted by molar-refractivity contribution is 6.31. The van der Waals surface area contributed by atoms with E-state index in [-0.39, 0.29) is 5.91 Å². The minimum absolute atomic E-state index is 0.239. The first-order valence-electron chi connectivity index (χ1n) is 10.5. The number of aryl methyl sites for hydroxylation is 1. The second kappa shape index (κ2) is 8.85. The highest BCUT2D eigenvalue weighted by atomic mass is 35.5. The van der Waals surface area contributed by atoms with Crippen molar-refractivity contribution in [3.8, 4) is 5.75 Å². The molecule has 6 nitrogen and oxygen atoms in total. The van der Waals surface area contributed by atoms with Gasteiger partial charge in [-0.2, -0.15) is 0 Å². The standard InChI is InChI=1S/C25H21ClN4O2/c26-19-5-4-17-7-9-28-24(21(17)13-19)30-20-8-10-27-22(14-20)25(31)29-15-16-3-6-23-18(12-16)2-1-11-32-23/h3-10,12-14H,1-2,11,15H2,(H,29,31)(H,27,28,30). The Hall–Kier alpha value is -3.64. The molecule has 0 radical (unpaired) electrons. The van der Waals surface area contributed by atoms with E-state index in [1.807, 2.05) is 36.4 Å². The smallest absolute Gasteiger partial charge is 0.270 e. The second-order valence-electron chi connectivity index (χ2n) is 7.66. The highest BCUT2D eigenvalue weighted by Gasteiger charge is 2.13. The van der Waals surface area contributed by atoms with Gasteiger partial charge in [-0.25, -0.2) is 4.98 Å². The number of aromatic nitrogens is 2. The normalized spacial score (nSPS) is 12.7. The van der Waals surface area contributed by atoms with E-state index in [2.05, 4.69) is 26.7 Å². The lowest BCUT2D eigenvalue weighted by molar-refractivity contribution is 0.0946. The monoisotopic (exact) mass is 444 g/mol. The zero-order chi connectivity index (χ0) is 21.9. The van der Waals surface area contributed by atoms with Gasteiger partial charge in [0.1, 0.15) is 17.3 Å². The molecule has 0 aliphatic carbocycles. The summed E-state index contributed by atoms with van der Waals surface area (Å²) in [5, 5.41) is 8.78. The van der Waals surface area contributed by atoms with Gasteiger partial charge in [0.2, 0.25) is 0 Å². The van der Waals surface area contributed by atoms with E-state index in [0.29, 0.717) is 23.1 Å². The van der Waals surface area contributed by atoms with Crippen LogP contribution in [0.25, 0.3) is 10.8 Å². The largest absolute Gasteiger partial charge is 0.493 e. The zero-order valence-electron chi connectivity index (χ0n) is 17.3. The van der Waals surface area contributed by atoms with E-state index in [9.17, 15) is 4.79 Å². The average Bonchev–Trinajstić information content (AvgIpc) is 2.83. The van der Waals surface area contributed by atoms with E-state index in [0.717, 1.165) is 47.2 Å². The topological polar surface area (TPSA) is 76.1 Å². The van der Waals surface area contributed by atoms with Gasteiger partial charge in [-0.1, -0.05) is 29.8 Å². The third-order valence-electron chi connectivity index (χ3n) is 5.41. The van der Waals surface area contributed by atoms with Crippen LogP contribution in [0.1, 0.15) is 28.0 Å². The van der Waals surface area contributed by atoms with Gasteiger partial charge >= 0.3 is 0 Å². The number of nitrogens with zero attached hydrogens (tertiary/aromatic N) is 2. The summed E-state index contributed by atoms with van der Waals surface area (Å²) in [5.74, 6) is 1.37. The Morgan fingerprint density at radius 1 is 1.03 bits per heavy atom. The molecule has 7 heteroatoms. The van der Waals surface area contributed by atoms with E-state index in [1.54, 1.807) is 24.5 Å². The number of carbonyl (C=O) groups is 1. The molecule has 1 aliphatic rings. The number of hydrogen-bond donors (Lipinski definition) is 2. The van der Waals surface area contributed by atoms with E-state index in [1.165, 1.54) is 5.56 Å². The number of rotatable bonds is 5. The van der Waals surface area contributed by atoms with Gasteiger partial charge in [0.05, 0.1) is 6.61 Å². The molecule has 0 spiro atoms. The molecule has 0 saturated carbocycles. The van der Waals surface area contributed by atoms with Crippen LogP contribution in [0.3, 0.4) is 0 Å². The number of halogens is 1. The quantitative estimate of drug-likeness (QED) is 0.438. The number of benzene rings is 2. The number of carbonyl (C=O) groups excluding carboxylic acids is 1. The Balaban J connectivity index is 1.30. The van der Waals surface area contributed by atoms with Crippen molar-refractivity contribution in [2.24, 2.45) is 0 Å². The summed E-state index contributed by atoms with van der Waals surface area (Å²) in [6.07, 6.45) is 5.35. The maximum Gasteiger partial charge on any atom is 0.270 e. The maximum absolute atomic E-state index is 12.7. The SMILES string of the molecule is O=C(NCc1ccc2c(c1)CCCO2)c1cc(Nc2nccc3ccc(Cl)cc23)ccn1. The van der Waals surface area contributed by atoms with Gasteiger partial charge in [-0.15, -0.1) is 0 Å². The Labute approximate surface area is 190 Å². The van der Waals surface area contributed by atoms with E-state index in [4.69, 9.17) is 16.3 Å². The Bertz CT molecular complexity index is 1310. The predicted molar refractivity (Wildman–Crippen MR) is 126 cm³/mol. The van der Waals surface area contributed by atoms with Gasteiger partial charge in [0, 0.05) is 35.0 Å². The fourth-order valence-corrected chi connectivity index (χ4v) is 3.98. The number of hydrogen-bond acceptors (Lipinski definition) is 5. The third-order valence-corrected chi connectivity index (χ3v) is 5.64. The first-order chi connectivity index (χ1) is 15.7. The Kier molecular flexibility index (Phi) is 5.60. The summed E-state index contributed by atoms with van der Waals surface area (Å²) in [5.41, 5.74) is 3.27. The summed E-state index contributed by atoms with van der Waals surface area (Å²) in [7, 11) is 0. The minimum Gasteiger partial charge on any atom is -0.493 e. The van der Waals surface area contributed by atoms with Crippen LogP contribution in [0.5, 0.6) is 5.75 Å². The van der Waals surface area contributed by atoms with E-state index < -0.39 is 0 Å². The van der Waals surface area contributed by atoms with Crippen molar-refractivity contribution in [1.82, 2.24) is 15.3 Å². The number of ether oxygens (including phenoxy) is 1. The molecule has 2 aromatic heterocycles. The Morgan fingerprint density at radius 3 is 2.88 bits per heavy atom. The highest BCUT2D eigenvalue weighted by Crippen LogP contribution is 2.27. The van der Waals surface area contributed by atoms with Crippen LogP contribution in [0, 0.1) is 0 Å². The van der Waals surface area contributed by atoms with Crippen molar-refractivity contribution < 1.29 is 9.53 Å². The molecule has 160 valence electrons. The molecule has 0 fully saturated rings. The van der Waals surface area contributed by atoms with Crippen molar-refractivity contribution >= 4 is 39.8 Å². The van der Waals surface area contributed by atoms with Crippen LogP contribution in [-0.2, 0) is 13.0 Å². The number of nitrogens with one attached hydrogen (secondary N) is 2. The van der Waals surface area contributed by atoms with Crippen molar-refractivity contribution in [3.63, 3.8) is 0 Å². The zero-order valence-corrected chi connectivity index (χ0v) is 18.0. The van der Waals surface area contributed by atoms with Crippen LogP contribution in [0.2, 0.25) is 5.02 Å². The second-order valence-corrected chi connectivity index (χ2v) is 8.09. The summed E-state index contributed by atoms with van der Waals surface area (Å²) in [6, 6.07) is 17.1. The number of pyridine rings is 2. The summed E-state index contributed by atoms with van der Waals surface area (Å²) in [4.78, 5) is 21.4. The third kappa shape index (κ3) is 4.36. The summed E-state index contributed by atoms with van der Waals surface area (Å²) in [6.45, 7) is 1.19. The molecular weight excluding hydrogens is 424 g/mol. The molecule has 32 heavy (non-hydrogen) atoms. The van der Waals surface area contributed by atoms with Crippen LogP contribution < -0.4 is 15.4 Å². The molecule has 1 amide bonds. The van der Waals surface area contributed by atoms with Gasteiger partial charge in [-0.05, 0) is 65.8 Å². The van der Waals surface area contributed by atoms with Crippen LogP contribution in [-0.4, -0.2) is 22.5 Å². The van der Waals surface area contributed by atoms with Crippen molar-refractivity contribution in [3.05, 3.63) is 88.8 Å². The first-order valence-corrected chi connectivity index (χ1v) is 10.8.